The van der Waals surface area contributed by atoms with Crippen LogP contribution in [0.15, 0.2) is 78.9 Å². The summed E-state index contributed by atoms with van der Waals surface area (Å²) >= 11 is 0. The first-order valence-electron chi connectivity index (χ1n) is 13.2. The molecule has 1 aliphatic rings. The fourth-order valence-electron chi connectivity index (χ4n) is 5.33. The lowest BCUT2D eigenvalue weighted by Gasteiger charge is -2.33. The number of ether oxygens (including phenoxy) is 1. The van der Waals surface area contributed by atoms with E-state index in [1.165, 1.54) is 0 Å². The molecule has 1 fully saturated rings. The van der Waals surface area contributed by atoms with Crippen LogP contribution in [0.3, 0.4) is 0 Å². The highest BCUT2D eigenvalue weighted by Crippen LogP contribution is 2.28. The molecular weight excluding hydrogens is 476 g/mol. The molecule has 0 aliphatic heterocycles. The Balaban J connectivity index is 1.54. The Kier molecular flexibility index (Phi) is 7.73. The summed E-state index contributed by atoms with van der Waals surface area (Å²) in [5, 5.41) is 3.24. The highest BCUT2D eigenvalue weighted by Gasteiger charge is 2.33. The summed E-state index contributed by atoms with van der Waals surface area (Å²) in [7, 11) is 1.61. The first-order valence-corrected chi connectivity index (χ1v) is 13.2. The summed E-state index contributed by atoms with van der Waals surface area (Å²) in [6.45, 7) is 2.30. The Labute approximate surface area is 223 Å². The van der Waals surface area contributed by atoms with Gasteiger partial charge in [-0.1, -0.05) is 67.4 Å². The van der Waals surface area contributed by atoms with Gasteiger partial charge in [0, 0.05) is 12.6 Å². The smallest absolute Gasteiger partial charge is 0.247 e. The summed E-state index contributed by atoms with van der Waals surface area (Å²) in [4.78, 5) is 34.4. The molecule has 0 saturated heterocycles. The molecule has 38 heavy (non-hydrogen) atoms. The van der Waals surface area contributed by atoms with Crippen molar-refractivity contribution in [1.29, 1.82) is 0 Å². The number of aromatic nitrogens is 2. The van der Waals surface area contributed by atoms with Gasteiger partial charge in [-0.3, -0.25) is 9.59 Å². The summed E-state index contributed by atoms with van der Waals surface area (Å²) in [6, 6.07) is 24.4. The van der Waals surface area contributed by atoms with Gasteiger partial charge in [0.1, 0.15) is 24.2 Å². The number of imidazole rings is 1. The maximum absolute atomic E-state index is 14.2. The largest absolute Gasteiger partial charge is 0.497 e. The summed E-state index contributed by atoms with van der Waals surface area (Å²) in [5.41, 5.74) is 3.45. The second-order valence-electron chi connectivity index (χ2n) is 9.91. The highest BCUT2D eigenvalue weighted by molar-refractivity contribution is 5.89. The number of para-hydroxylation sites is 2. The molecule has 4 aromatic rings. The topological polar surface area (TPSA) is 76.5 Å². The maximum Gasteiger partial charge on any atom is 0.247 e. The van der Waals surface area contributed by atoms with Crippen molar-refractivity contribution in [3.05, 3.63) is 95.8 Å². The molecule has 1 atom stereocenters. The van der Waals surface area contributed by atoms with E-state index in [1.54, 1.807) is 12.0 Å². The van der Waals surface area contributed by atoms with Crippen LogP contribution in [0.1, 0.15) is 48.7 Å². The molecule has 1 aromatic heterocycles. The number of aryl methyl sites for hydroxylation is 1. The fourth-order valence-corrected chi connectivity index (χ4v) is 5.33. The van der Waals surface area contributed by atoms with Crippen molar-refractivity contribution in [3.63, 3.8) is 0 Å². The quantitative estimate of drug-likeness (QED) is 0.337. The molecule has 1 saturated carbocycles. The van der Waals surface area contributed by atoms with Crippen molar-refractivity contribution >= 4 is 22.8 Å². The van der Waals surface area contributed by atoms with Gasteiger partial charge in [0.2, 0.25) is 11.8 Å². The zero-order chi connectivity index (χ0) is 26.5. The van der Waals surface area contributed by atoms with Crippen molar-refractivity contribution in [1.82, 2.24) is 19.8 Å². The van der Waals surface area contributed by atoms with Crippen LogP contribution >= 0.6 is 0 Å². The van der Waals surface area contributed by atoms with Crippen LogP contribution in [-0.2, 0) is 22.7 Å². The number of methoxy groups -OCH3 is 1. The number of benzene rings is 3. The zero-order valence-electron chi connectivity index (χ0n) is 22.0. The Bertz CT molecular complexity index is 1390. The lowest BCUT2D eigenvalue weighted by atomic mass is 10.0. The van der Waals surface area contributed by atoms with Crippen LogP contribution in [0.25, 0.3) is 11.0 Å². The molecule has 7 heteroatoms. The van der Waals surface area contributed by atoms with E-state index in [2.05, 4.69) is 10.3 Å². The van der Waals surface area contributed by atoms with Crippen LogP contribution in [0.5, 0.6) is 5.75 Å². The molecule has 3 aromatic carbocycles. The third kappa shape index (κ3) is 5.57. The van der Waals surface area contributed by atoms with E-state index in [1.807, 2.05) is 90.4 Å². The average Bonchev–Trinajstić information content (AvgIpc) is 3.56. The van der Waals surface area contributed by atoms with Crippen molar-refractivity contribution in [2.75, 3.05) is 7.11 Å². The number of nitrogens with zero attached hydrogens (tertiary/aromatic N) is 3. The second kappa shape index (κ2) is 11.5. The van der Waals surface area contributed by atoms with E-state index in [-0.39, 0.29) is 24.4 Å². The maximum atomic E-state index is 14.2. The number of amides is 2. The van der Waals surface area contributed by atoms with Crippen LogP contribution in [0.4, 0.5) is 0 Å². The molecule has 5 rings (SSSR count). The minimum absolute atomic E-state index is 0.0859. The van der Waals surface area contributed by atoms with Crippen molar-refractivity contribution in [2.45, 2.75) is 57.8 Å². The first-order chi connectivity index (χ1) is 18.5. The van der Waals surface area contributed by atoms with Crippen molar-refractivity contribution in [3.8, 4) is 5.75 Å². The minimum Gasteiger partial charge on any atom is -0.497 e. The van der Waals surface area contributed by atoms with Crippen molar-refractivity contribution < 1.29 is 14.3 Å². The fraction of sp³-hybridized carbons (Fsp3) is 0.323. The minimum atomic E-state index is -0.788. The van der Waals surface area contributed by atoms with Gasteiger partial charge in [0.15, 0.2) is 0 Å². The Hall–Kier alpha value is -4.13. The van der Waals surface area contributed by atoms with Gasteiger partial charge in [-0.25, -0.2) is 4.98 Å². The monoisotopic (exact) mass is 510 g/mol. The number of fused-ring (bicyclic) bond motifs is 1. The van der Waals surface area contributed by atoms with Crippen LogP contribution in [0, 0.1) is 6.92 Å². The first kappa shape index (κ1) is 25.5. The van der Waals surface area contributed by atoms with Gasteiger partial charge < -0.3 is 19.5 Å². The molecule has 0 bridgehead atoms. The lowest BCUT2D eigenvalue weighted by Crippen LogP contribution is -2.46. The summed E-state index contributed by atoms with van der Waals surface area (Å²) < 4.78 is 7.28. The Morgan fingerprint density at radius 2 is 1.68 bits per heavy atom. The van der Waals surface area contributed by atoms with E-state index >= 15 is 0 Å². The number of nitrogens with one attached hydrogen (secondary N) is 1. The SMILES string of the molecule is COc1ccc([C@@H](C(=O)NC2CCCC2)N(Cc2ccccc2)C(=O)Cn2c(C)nc3ccccc32)cc1. The molecule has 1 heterocycles. The van der Waals surface area contributed by atoms with Gasteiger partial charge in [-0.2, -0.15) is 0 Å². The van der Waals surface area contributed by atoms with Crippen molar-refractivity contribution in [2.24, 2.45) is 0 Å². The number of hydrogen-bond donors (Lipinski definition) is 1. The molecule has 7 nitrogen and oxygen atoms in total. The molecule has 196 valence electrons. The standard InChI is InChI=1S/C31H34N4O3/c1-22-32-27-14-8-9-15-28(27)34(22)21-29(36)35(20-23-10-4-3-5-11-23)30(24-16-18-26(38-2)19-17-24)31(37)33-25-12-6-7-13-25/h3-5,8-11,14-19,25,30H,6-7,12-13,20-21H2,1-2H3,(H,33,37)/t30-/m0/s1. The van der Waals surface area contributed by atoms with Gasteiger partial charge in [-0.05, 0) is 55.2 Å². The summed E-state index contributed by atoms with van der Waals surface area (Å²) in [5.74, 6) is 1.15. The third-order valence-corrected chi connectivity index (χ3v) is 7.35. The molecule has 1 N–H and O–H groups in total. The molecule has 0 unspecified atom stereocenters. The summed E-state index contributed by atoms with van der Waals surface area (Å²) in [6.07, 6.45) is 4.15. The predicted octanol–water partition coefficient (Wildman–Crippen LogP) is 5.18. The third-order valence-electron chi connectivity index (χ3n) is 7.35. The van der Waals surface area contributed by atoms with E-state index in [0.717, 1.165) is 53.7 Å². The van der Waals surface area contributed by atoms with E-state index in [4.69, 9.17) is 4.74 Å². The predicted molar refractivity (Wildman–Crippen MR) is 148 cm³/mol. The normalized spacial score (nSPS) is 14.4. The van der Waals surface area contributed by atoms with Gasteiger partial charge in [0.25, 0.3) is 0 Å². The van der Waals surface area contributed by atoms with Crippen LogP contribution in [-0.4, -0.2) is 39.4 Å². The Morgan fingerprint density at radius 1 is 1.00 bits per heavy atom. The van der Waals surface area contributed by atoms with Gasteiger partial charge >= 0.3 is 0 Å². The number of hydrogen-bond acceptors (Lipinski definition) is 4. The van der Waals surface area contributed by atoms with E-state index in [0.29, 0.717) is 12.3 Å². The highest BCUT2D eigenvalue weighted by atomic mass is 16.5. The van der Waals surface area contributed by atoms with E-state index < -0.39 is 6.04 Å². The average molecular weight is 511 g/mol. The number of rotatable bonds is 9. The van der Waals surface area contributed by atoms with Gasteiger partial charge in [0.05, 0.1) is 18.1 Å². The molecule has 2 amide bonds. The Morgan fingerprint density at radius 3 is 2.39 bits per heavy atom. The lowest BCUT2D eigenvalue weighted by molar-refractivity contribution is -0.142. The molecular formula is C31H34N4O3. The van der Waals surface area contributed by atoms with Gasteiger partial charge in [-0.15, -0.1) is 0 Å². The molecule has 0 spiro atoms. The molecule has 1 aliphatic carbocycles. The zero-order valence-corrected chi connectivity index (χ0v) is 22.0. The molecule has 0 radical (unpaired) electrons. The van der Waals surface area contributed by atoms with Crippen LogP contribution in [0.2, 0.25) is 0 Å². The second-order valence-corrected chi connectivity index (χ2v) is 9.91. The van der Waals surface area contributed by atoms with E-state index in [9.17, 15) is 9.59 Å². The number of carbonyl (C=O) groups is 2. The number of carbonyl (C=O) groups excluding carboxylic acids is 2. The van der Waals surface area contributed by atoms with Crippen LogP contribution < -0.4 is 10.1 Å².